The van der Waals surface area contributed by atoms with Crippen LogP contribution in [0.5, 0.6) is 0 Å². The number of ether oxygens (including phenoxy) is 16. The zero-order valence-corrected chi connectivity index (χ0v) is 59.7. The molecule has 606 valence electrons. The topological polar surface area (TPSA) is 610 Å². The van der Waals surface area contributed by atoms with Crippen LogP contribution in [-0.4, -0.2) is 411 Å². The van der Waals surface area contributed by atoms with Crippen molar-refractivity contribution in [1.82, 2.24) is 10.6 Å². The number of amides is 2. The van der Waals surface area contributed by atoms with Gasteiger partial charge in [-0.1, -0.05) is 34.4 Å². The summed E-state index contributed by atoms with van der Waals surface area (Å²) >= 11 is 0. The second kappa shape index (κ2) is 40.6. The first-order valence-corrected chi connectivity index (χ1v) is 37.4. The van der Waals surface area contributed by atoms with Crippen LogP contribution < -0.4 is 10.6 Å². The first kappa shape index (κ1) is 87.8. The quantitative estimate of drug-likeness (QED) is 0.0214. The Kier molecular flexibility index (Phi) is 34.3. The molecule has 0 bridgehead atoms. The van der Waals surface area contributed by atoms with Crippen molar-refractivity contribution in [3.63, 3.8) is 0 Å². The van der Waals surface area contributed by atoms with Gasteiger partial charge in [0.15, 0.2) is 50.3 Å². The number of aliphatic hydroxyl groups is 20. The van der Waals surface area contributed by atoms with Crippen molar-refractivity contribution < 1.29 is 188 Å². The van der Waals surface area contributed by atoms with Gasteiger partial charge in [-0.05, 0) is 53.4 Å². The summed E-state index contributed by atoms with van der Waals surface area (Å²) in [6.07, 6.45) is -60.0. The van der Waals surface area contributed by atoms with Crippen molar-refractivity contribution in [3.8, 4) is 0 Å². The maximum Gasteiger partial charge on any atom is 0.217 e. The van der Waals surface area contributed by atoms with Crippen LogP contribution in [0, 0.1) is 0 Å². The summed E-state index contributed by atoms with van der Waals surface area (Å²) in [5.41, 5.74) is 0. The van der Waals surface area contributed by atoms with Gasteiger partial charge in [-0.15, -0.1) is 0 Å². The summed E-state index contributed by atoms with van der Waals surface area (Å²) < 4.78 is 96.6. The molecule has 0 aromatic heterocycles. The fraction of sp³-hybridized carbons (Fsp3) is 0.968. The van der Waals surface area contributed by atoms with Gasteiger partial charge < -0.3 is 189 Å². The summed E-state index contributed by atoms with van der Waals surface area (Å²) in [6.45, 7) is 4.33. The molecule has 40 atom stereocenters. The van der Waals surface area contributed by atoms with Gasteiger partial charge in [-0.3, -0.25) is 9.59 Å². The van der Waals surface area contributed by atoms with Crippen LogP contribution in [0.3, 0.4) is 0 Å². The highest BCUT2D eigenvalue weighted by Gasteiger charge is 2.60. The lowest BCUT2D eigenvalue weighted by Gasteiger charge is -2.51. The van der Waals surface area contributed by atoms with Crippen LogP contribution in [0.25, 0.3) is 0 Å². The normalized spacial score (nSPS) is 47.4. The zero-order valence-electron chi connectivity index (χ0n) is 58.1. The molecule has 0 aliphatic carbocycles. The van der Waals surface area contributed by atoms with E-state index in [0.717, 1.165) is 13.8 Å². The third kappa shape index (κ3) is 21.3. The van der Waals surface area contributed by atoms with E-state index >= 15 is 0 Å². The Bertz CT molecular complexity index is 2400. The molecule has 40 nitrogen and oxygen atoms in total. The molecule has 8 aliphatic heterocycles. The molecule has 42 heteroatoms. The largest absolute Gasteiger partial charge is 0.394 e. The smallest absolute Gasteiger partial charge is 0.217 e. The molecule has 0 radical (unpaired) electrons. The number of unbranched alkanes of at least 4 members (excludes halogenated alkanes) is 4. The monoisotopic (exact) mass is 1550 g/mol. The van der Waals surface area contributed by atoms with E-state index in [1.165, 1.54) is 27.7 Å². The van der Waals surface area contributed by atoms with Gasteiger partial charge >= 0.3 is 0 Å². The average molecular weight is 1550 g/mol. The Morgan fingerprint density at radius 3 is 0.846 bits per heavy atom. The SMILES string of the molecule is CC(=O)N[C@H]1[C@H](OCCCCCSSCCCCCO[C@@H]2O[C@H](CO)[C@@H](O[C@@H]3O[C@H](CO)[C@H](O)[C@H](O)[C@H]3O[C@@H]3O[C@@H](C)[C@@H](O)[C@@H](O)[C@@H]3O)[C@H](O[C@@H]3O[C@@H](C)[C@@H](O)[C@@H](O)[C@@H]3O)[C@H]2NC(C)=O)O[C@H](CO)[C@@H](O[C@@H]2O[C@H](CO)[C@H](O)[C@H](O)[C@H]2O[C@@H]2O[C@@H](C)[C@@H](O)[C@@H](O)[C@@H]2O)[C@@H]1O[C@@H]1O[C@@H](C)[C@@H](O)[C@@H](O)[C@@H]1O. The molecule has 0 unspecified atom stereocenters. The third-order valence-electron chi connectivity index (χ3n) is 19.4. The number of carbonyl (C=O) groups excluding carboxylic acids is 2. The zero-order chi connectivity index (χ0) is 76.3. The first-order chi connectivity index (χ1) is 49.4. The molecule has 8 saturated heterocycles. The maximum atomic E-state index is 13.0. The second-order valence-electron chi connectivity index (χ2n) is 27.2. The van der Waals surface area contributed by atoms with Gasteiger partial charge in [-0.25, -0.2) is 0 Å². The summed E-state index contributed by atoms with van der Waals surface area (Å²) in [7, 11) is 3.22. The van der Waals surface area contributed by atoms with Crippen molar-refractivity contribution in [1.29, 1.82) is 0 Å². The highest BCUT2D eigenvalue weighted by Crippen LogP contribution is 2.40. The average Bonchev–Trinajstić information content (AvgIpc) is 0.769. The van der Waals surface area contributed by atoms with Crippen LogP contribution in [0.1, 0.15) is 80.1 Å². The number of hydrogen-bond donors (Lipinski definition) is 22. The lowest BCUT2D eigenvalue weighted by Crippen LogP contribution is -2.70. The number of nitrogens with one attached hydrogen (secondary N) is 2. The minimum absolute atomic E-state index is 0.0116. The Labute approximate surface area is 606 Å². The van der Waals surface area contributed by atoms with Crippen molar-refractivity contribution in [2.45, 2.75) is 326 Å². The predicted octanol–water partition coefficient (Wildman–Crippen LogP) is -10.3. The number of hydrogen-bond acceptors (Lipinski definition) is 40. The molecular weight excluding hydrogens is 1440 g/mol. The third-order valence-corrected chi connectivity index (χ3v) is 22.0. The second-order valence-corrected chi connectivity index (χ2v) is 29.9. The molecule has 0 aromatic carbocycles. The lowest BCUT2D eigenvalue weighted by molar-refractivity contribution is -0.392. The minimum Gasteiger partial charge on any atom is -0.394 e. The Hall–Kier alpha value is -1.80. The number of carbonyl (C=O) groups is 2. The molecular formula is C62H108N2O38S2. The minimum atomic E-state index is -1.98. The van der Waals surface area contributed by atoms with Gasteiger partial charge in [0, 0.05) is 38.6 Å². The molecule has 104 heavy (non-hydrogen) atoms. The lowest BCUT2D eigenvalue weighted by atomic mass is 9.94. The van der Waals surface area contributed by atoms with Crippen molar-refractivity contribution in [2.24, 2.45) is 0 Å². The van der Waals surface area contributed by atoms with E-state index < -0.39 is 284 Å². The first-order valence-electron chi connectivity index (χ1n) is 34.9. The molecule has 0 aromatic rings. The van der Waals surface area contributed by atoms with Crippen LogP contribution in [-0.2, 0) is 85.4 Å². The summed E-state index contributed by atoms with van der Waals surface area (Å²) in [5.74, 6) is 0.0858. The van der Waals surface area contributed by atoms with E-state index in [0.29, 0.717) is 50.0 Å². The van der Waals surface area contributed by atoms with E-state index in [9.17, 15) is 112 Å². The molecule has 22 N–H and O–H groups in total. The van der Waals surface area contributed by atoms with Gasteiger partial charge in [0.2, 0.25) is 11.8 Å². The number of aliphatic hydroxyl groups excluding tert-OH is 20. The van der Waals surface area contributed by atoms with E-state index in [-0.39, 0.29) is 13.2 Å². The highest BCUT2D eigenvalue weighted by molar-refractivity contribution is 8.76. The van der Waals surface area contributed by atoms with E-state index in [1.807, 2.05) is 0 Å². The van der Waals surface area contributed by atoms with Crippen molar-refractivity contribution >= 4 is 33.4 Å². The number of rotatable bonds is 33. The van der Waals surface area contributed by atoms with Crippen LogP contribution >= 0.6 is 21.6 Å². The molecule has 8 heterocycles. The van der Waals surface area contributed by atoms with Crippen LogP contribution in [0.15, 0.2) is 0 Å². The van der Waals surface area contributed by atoms with Crippen molar-refractivity contribution in [2.75, 3.05) is 51.1 Å². The van der Waals surface area contributed by atoms with Crippen molar-refractivity contribution in [3.05, 3.63) is 0 Å². The molecule has 0 saturated carbocycles. The van der Waals surface area contributed by atoms with E-state index in [1.54, 1.807) is 21.6 Å². The molecule has 8 rings (SSSR count). The maximum absolute atomic E-state index is 13.0. The van der Waals surface area contributed by atoms with Gasteiger partial charge in [0.25, 0.3) is 0 Å². The Balaban J connectivity index is 0.852. The molecule has 0 spiro atoms. The van der Waals surface area contributed by atoms with Crippen LogP contribution in [0.4, 0.5) is 0 Å². The summed E-state index contributed by atoms with van der Waals surface area (Å²) in [4.78, 5) is 26.0. The van der Waals surface area contributed by atoms with Gasteiger partial charge in [0.05, 0.1) is 50.8 Å². The fourth-order valence-electron chi connectivity index (χ4n) is 13.3. The fourth-order valence-corrected chi connectivity index (χ4v) is 15.6. The standard InChI is InChI=1S/C62H108N2O38S2/c1-21-33(71)39(77)45(83)57(89-21)99-51-31(63-25(5)69)55(95-29(19-67)49(51)97-61-53(43(81)37(75)27(17-65)93-61)101-59-47(85)41(79)35(73)23(3)91-59)87-13-9-7-11-15-103-104-16-12-8-10-14-88-56-32(64-26(6)70)52(100-58-46(84)40(78)34(72)22(2)90-58)50(30(20-68)96-56)98-62-54(44(82)38(76)28(18-66)94-62)102-60-48(86)42(80)36(74)24(4)92-60/h21-24,27-62,65-68,71-86H,7-20H2,1-6H3,(H,63,69)(H,64,70)/t21-,22-,23-,24-,27+,28+,29+,30+,31+,32+,33+,34+,35+,36+,37-,38-,39+,40+,41+,42+,43-,44-,45-,46-,47-,48-,49+,50+,51+,52+,53+,54+,55+,56+,57-,58-,59-,60-,61-,62-/m0/s1. The highest BCUT2D eigenvalue weighted by atomic mass is 33.1. The van der Waals surface area contributed by atoms with E-state index in [4.69, 9.17) is 75.8 Å². The predicted molar refractivity (Wildman–Crippen MR) is 345 cm³/mol. The Morgan fingerprint density at radius 2 is 0.567 bits per heavy atom. The summed E-state index contributed by atoms with van der Waals surface area (Å²) in [6, 6.07) is -2.82. The molecule has 8 fully saturated rings. The molecule has 2 amide bonds. The van der Waals surface area contributed by atoms with Gasteiger partial charge in [-0.2, -0.15) is 0 Å². The van der Waals surface area contributed by atoms with Gasteiger partial charge in [0.1, 0.15) is 171 Å². The summed E-state index contributed by atoms with van der Waals surface area (Å²) in [5, 5.41) is 221. The molecule has 8 aliphatic rings. The van der Waals surface area contributed by atoms with Crippen LogP contribution in [0.2, 0.25) is 0 Å². The van der Waals surface area contributed by atoms with E-state index in [2.05, 4.69) is 10.6 Å². The Morgan fingerprint density at radius 1 is 0.298 bits per heavy atom.